The summed E-state index contributed by atoms with van der Waals surface area (Å²) in [4.78, 5) is 22.9. The standard InChI is InChI=1S/C10H15NO5/c1-15-10(14)6(4-12)11-9(13)5-2-7-8(3-5)16-7/h5-8,12H,2-4H2,1H3,(H,11,13). The molecule has 2 rings (SSSR count). The van der Waals surface area contributed by atoms with Gasteiger partial charge in [0.25, 0.3) is 0 Å². The van der Waals surface area contributed by atoms with Gasteiger partial charge < -0.3 is 19.9 Å². The number of amides is 1. The molecular weight excluding hydrogens is 214 g/mol. The monoisotopic (exact) mass is 229 g/mol. The number of aliphatic hydroxyl groups is 1. The fraction of sp³-hybridized carbons (Fsp3) is 0.800. The van der Waals surface area contributed by atoms with E-state index in [9.17, 15) is 9.59 Å². The van der Waals surface area contributed by atoms with Crippen LogP contribution in [-0.2, 0) is 19.1 Å². The number of aliphatic hydroxyl groups excluding tert-OH is 1. The molecule has 6 nitrogen and oxygen atoms in total. The molecule has 0 aromatic carbocycles. The molecule has 3 unspecified atom stereocenters. The molecule has 1 aliphatic carbocycles. The lowest BCUT2D eigenvalue weighted by atomic mass is 10.1. The Kier molecular flexibility index (Phi) is 3.11. The van der Waals surface area contributed by atoms with Gasteiger partial charge in [0.2, 0.25) is 5.91 Å². The largest absolute Gasteiger partial charge is 0.467 e. The number of hydrogen-bond donors (Lipinski definition) is 2. The number of fused-ring (bicyclic) bond motifs is 1. The Bertz CT molecular complexity index is 296. The van der Waals surface area contributed by atoms with Crippen LogP contribution in [0.2, 0.25) is 0 Å². The molecule has 2 N–H and O–H groups in total. The van der Waals surface area contributed by atoms with Gasteiger partial charge in [0.1, 0.15) is 0 Å². The minimum Gasteiger partial charge on any atom is -0.467 e. The highest BCUT2D eigenvalue weighted by Crippen LogP contribution is 2.42. The number of esters is 1. The van der Waals surface area contributed by atoms with E-state index < -0.39 is 18.6 Å². The van der Waals surface area contributed by atoms with E-state index in [0.29, 0.717) is 12.8 Å². The average Bonchev–Trinajstić information content (AvgIpc) is 2.91. The quantitative estimate of drug-likeness (QED) is 0.467. The van der Waals surface area contributed by atoms with E-state index in [1.165, 1.54) is 7.11 Å². The molecular formula is C10H15NO5. The van der Waals surface area contributed by atoms with Crippen LogP contribution < -0.4 is 5.32 Å². The summed E-state index contributed by atoms with van der Waals surface area (Å²) in [6, 6.07) is -0.963. The molecule has 90 valence electrons. The van der Waals surface area contributed by atoms with Crippen LogP contribution >= 0.6 is 0 Å². The van der Waals surface area contributed by atoms with Crippen LogP contribution in [0.25, 0.3) is 0 Å². The van der Waals surface area contributed by atoms with Crippen LogP contribution in [0.5, 0.6) is 0 Å². The maximum atomic E-state index is 11.7. The highest BCUT2D eigenvalue weighted by molar-refractivity contribution is 5.86. The molecule has 0 aromatic rings. The van der Waals surface area contributed by atoms with Crippen molar-refractivity contribution in [2.24, 2.45) is 5.92 Å². The maximum Gasteiger partial charge on any atom is 0.330 e. The number of carbonyl (C=O) groups is 2. The first-order valence-electron chi connectivity index (χ1n) is 5.30. The molecule has 2 aliphatic rings. The van der Waals surface area contributed by atoms with Gasteiger partial charge in [0, 0.05) is 5.92 Å². The number of nitrogens with one attached hydrogen (secondary N) is 1. The molecule has 3 atom stereocenters. The van der Waals surface area contributed by atoms with E-state index in [1.54, 1.807) is 0 Å². The van der Waals surface area contributed by atoms with Crippen molar-refractivity contribution in [1.29, 1.82) is 0 Å². The molecule has 1 heterocycles. The summed E-state index contributed by atoms with van der Waals surface area (Å²) in [5, 5.41) is 11.4. The predicted molar refractivity (Wildman–Crippen MR) is 52.4 cm³/mol. The molecule has 0 spiro atoms. The fourth-order valence-electron chi connectivity index (χ4n) is 2.08. The SMILES string of the molecule is COC(=O)C(CO)NC(=O)C1CC2OC2C1. The first kappa shape index (κ1) is 11.3. The van der Waals surface area contributed by atoms with Crippen molar-refractivity contribution >= 4 is 11.9 Å². The zero-order valence-corrected chi connectivity index (χ0v) is 9.01. The van der Waals surface area contributed by atoms with Gasteiger partial charge in [0.05, 0.1) is 25.9 Å². The third kappa shape index (κ3) is 2.17. The van der Waals surface area contributed by atoms with Gasteiger partial charge in [-0.25, -0.2) is 4.79 Å². The number of hydrogen-bond acceptors (Lipinski definition) is 5. The molecule has 0 aromatic heterocycles. The summed E-state index contributed by atoms with van der Waals surface area (Å²) in [6.07, 6.45) is 1.86. The molecule has 0 bridgehead atoms. The van der Waals surface area contributed by atoms with E-state index in [0.717, 1.165) is 0 Å². The minimum atomic E-state index is -0.963. The Balaban J connectivity index is 1.83. The average molecular weight is 229 g/mol. The van der Waals surface area contributed by atoms with E-state index in [4.69, 9.17) is 9.84 Å². The van der Waals surface area contributed by atoms with Crippen molar-refractivity contribution in [3.05, 3.63) is 0 Å². The minimum absolute atomic E-state index is 0.109. The second-order valence-electron chi connectivity index (χ2n) is 4.15. The zero-order chi connectivity index (χ0) is 11.7. The summed E-state index contributed by atoms with van der Waals surface area (Å²) in [5.41, 5.74) is 0. The normalized spacial score (nSPS) is 32.8. The van der Waals surface area contributed by atoms with Crippen molar-refractivity contribution in [3.8, 4) is 0 Å². The van der Waals surface area contributed by atoms with Gasteiger partial charge in [-0.15, -0.1) is 0 Å². The Hall–Kier alpha value is -1.14. The van der Waals surface area contributed by atoms with Gasteiger partial charge in [-0.1, -0.05) is 0 Å². The van der Waals surface area contributed by atoms with Crippen LogP contribution in [0.4, 0.5) is 0 Å². The molecule has 2 fully saturated rings. The summed E-state index contributed by atoms with van der Waals surface area (Å²) in [5.74, 6) is -0.946. The summed E-state index contributed by atoms with van der Waals surface area (Å²) in [7, 11) is 1.22. The molecule has 1 saturated heterocycles. The molecule has 16 heavy (non-hydrogen) atoms. The first-order valence-corrected chi connectivity index (χ1v) is 5.30. The number of carbonyl (C=O) groups excluding carboxylic acids is 2. The Morgan fingerprint density at radius 3 is 2.62 bits per heavy atom. The van der Waals surface area contributed by atoms with Gasteiger partial charge in [-0.05, 0) is 12.8 Å². The van der Waals surface area contributed by atoms with Crippen LogP contribution in [0.15, 0.2) is 0 Å². The van der Waals surface area contributed by atoms with Gasteiger partial charge >= 0.3 is 5.97 Å². The number of epoxide rings is 1. The number of rotatable bonds is 4. The zero-order valence-electron chi connectivity index (χ0n) is 9.01. The lowest BCUT2D eigenvalue weighted by Gasteiger charge is -2.17. The van der Waals surface area contributed by atoms with Crippen LogP contribution in [0, 0.1) is 5.92 Å². The Morgan fingerprint density at radius 2 is 2.12 bits per heavy atom. The van der Waals surface area contributed by atoms with Crippen molar-refractivity contribution < 1.29 is 24.2 Å². The summed E-state index contributed by atoms with van der Waals surface area (Å²) < 4.78 is 9.67. The highest BCUT2D eigenvalue weighted by Gasteiger charge is 2.50. The first-order chi connectivity index (χ1) is 7.65. The van der Waals surface area contributed by atoms with Crippen molar-refractivity contribution in [3.63, 3.8) is 0 Å². The molecule has 0 radical (unpaired) electrons. The molecule has 1 aliphatic heterocycles. The number of methoxy groups -OCH3 is 1. The summed E-state index contributed by atoms with van der Waals surface area (Å²) in [6.45, 7) is -0.450. The third-order valence-corrected chi connectivity index (χ3v) is 3.08. The van der Waals surface area contributed by atoms with E-state index in [1.807, 2.05) is 0 Å². The number of ether oxygens (including phenoxy) is 2. The lowest BCUT2D eigenvalue weighted by Crippen LogP contribution is -2.46. The van der Waals surface area contributed by atoms with Crippen LogP contribution in [0.1, 0.15) is 12.8 Å². The van der Waals surface area contributed by atoms with Crippen molar-refractivity contribution in [2.75, 3.05) is 13.7 Å². The third-order valence-electron chi connectivity index (χ3n) is 3.08. The van der Waals surface area contributed by atoms with E-state index in [2.05, 4.69) is 10.1 Å². The van der Waals surface area contributed by atoms with Crippen molar-refractivity contribution in [1.82, 2.24) is 5.32 Å². The van der Waals surface area contributed by atoms with Gasteiger partial charge in [0.15, 0.2) is 6.04 Å². The van der Waals surface area contributed by atoms with E-state index >= 15 is 0 Å². The molecule has 1 amide bonds. The Morgan fingerprint density at radius 1 is 1.50 bits per heavy atom. The fourth-order valence-corrected chi connectivity index (χ4v) is 2.08. The predicted octanol–water partition coefficient (Wildman–Crippen LogP) is -1.19. The van der Waals surface area contributed by atoms with E-state index in [-0.39, 0.29) is 24.0 Å². The van der Waals surface area contributed by atoms with Crippen molar-refractivity contribution in [2.45, 2.75) is 31.1 Å². The molecule has 6 heteroatoms. The van der Waals surface area contributed by atoms with Crippen LogP contribution in [-0.4, -0.2) is 48.9 Å². The molecule has 1 saturated carbocycles. The van der Waals surface area contributed by atoms with Gasteiger partial charge in [-0.2, -0.15) is 0 Å². The van der Waals surface area contributed by atoms with Gasteiger partial charge in [-0.3, -0.25) is 4.79 Å². The van der Waals surface area contributed by atoms with Crippen LogP contribution in [0.3, 0.4) is 0 Å². The lowest BCUT2D eigenvalue weighted by molar-refractivity contribution is -0.146. The Labute approximate surface area is 92.9 Å². The smallest absolute Gasteiger partial charge is 0.330 e. The topological polar surface area (TPSA) is 88.2 Å². The maximum absolute atomic E-state index is 11.7. The highest BCUT2D eigenvalue weighted by atomic mass is 16.6. The summed E-state index contributed by atoms with van der Waals surface area (Å²) >= 11 is 0. The second-order valence-corrected chi connectivity index (χ2v) is 4.15. The second kappa shape index (κ2) is 4.39.